The van der Waals surface area contributed by atoms with E-state index in [4.69, 9.17) is 21.4 Å². The van der Waals surface area contributed by atoms with Crippen LogP contribution in [0.3, 0.4) is 0 Å². The van der Waals surface area contributed by atoms with Crippen molar-refractivity contribution in [2.45, 2.75) is 0 Å². The van der Waals surface area contributed by atoms with E-state index in [2.05, 4.69) is 15.9 Å². The summed E-state index contributed by atoms with van der Waals surface area (Å²) in [6.45, 7) is 0.916. The highest BCUT2D eigenvalue weighted by atomic mass is 79.9. The molecule has 5 N–H and O–H groups in total. The maximum absolute atomic E-state index is 8.97. The number of nitrogens with one attached hydrogen (secondary N) is 1. The predicted octanol–water partition coefficient (Wildman–Crippen LogP) is 0.524. The molecule has 5 nitrogen and oxygen atoms in total. The Morgan fingerprint density at radius 1 is 1.29 bits per heavy atom. The molecular formula is C11H16BrN3O2. The Hall–Kier alpha value is -1.11. The number of nitrogen functional groups attached to an aromatic ring is 1. The number of aliphatic hydroxyl groups excluding tert-OH is 2. The lowest BCUT2D eigenvalue weighted by Gasteiger charge is -2.24. The van der Waals surface area contributed by atoms with Gasteiger partial charge < -0.3 is 20.8 Å². The van der Waals surface area contributed by atoms with Gasteiger partial charge in [-0.1, -0.05) is 0 Å². The molecule has 0 amide bonds. The topological polar surface area (TPSA) is 93.6 Å². The first-order valence-electron chi connectivity index (χ1n) is 5.20. The summed E-state index contributed by atoms with van der Waals surface area (Å²) in [6.07, 6.45) is 0. The number of hydrogen-bond donors (Lipinski definition) is 4. The second-order valence-corrected chi connectivity index (χ2v) is 4.37. The summed E-state index contributed by atoms with van der Waals surface area (Å²) in [4.78, 5) is 1.86. The smallest absolute Gasteiger partial charge is 0.122 e. The van der Waals surface area contributed by atoms with Gasteiger partial charge in [-0.05, 0) is 34.1 Å². The van der Waals surface area contributed by atoms with Crippen molar-refractivity contribution < 1.29 is 10.2 Å². The maximum atomic E-state index is 8.97. The lowest BCUT2D eigenvalue weighted by molar-refractivity contribution is 0.281. The minimum absolute atomic E-state index is 0.00752. The van der Waals surface area contributed by atoms with Crippen molar-refractivity contribution in [3.63, 3.8) is 0 Å². The Morgan fingerprint density at radius 3 is 2.29 bits per heavy atom. The monoisotopic (exact) mass is 301 g/mol. The van der Waals surface area contributed by atoms with Gasteiger partial charge in [-0.25, -0.2) is 0 Å². The summed E-state index contributed by atoms with van der Waals surface area (Å²) >= 11 is 3.40. The van der Waals surface area contributed by atoms with Gasteiger partial charge in [-0.3, -0.25) is 5.41 Å². The lowest BCUT2D eigenvalue weighted by Crippen LogP contribution is -2.30. The first-order valence-corrected chi connectivity index (χ1v) is 6.00. The molecule has 0 spiro atoms. The highest BCUT2D eigenvalue weighted by Gasteiger charge is 2.10. The number of anilines is 1. The summed E-state index contributed by atoms with van der Waals surface area (Å²) in [5.74, 6) is 0.00752. The van der Waals surface area contributed by atoms with Gasteiger partial charge in [0.15, 0.2) is 0 Å². The highest BCUT2D eigenvalue weighted by molar-refractivity contribution is 9.10. The van der Waals surface area contributed by atoms with Gasteiger partial charge in [0, 0.05) is 23.1 Å². The van der Waals surface area contributed by atoms with E-state index in [-0.39, 0.29) is 19.0 Å². The minimum atomic E-state index is 0.00752. The molecule has 0 aliphatic rings. The molecule has 17 heavy (non-hydrogen) atoms. The zero-order valence-corrected chi connectivity index (χ0v) is 10.9. The summed E-state index contributed by atoms with van der Waals surface area (Å²) in [6, 6.07) is 5.30. The highest BCUT2D eigenvalue weighted by Crippen LogP contribution is 2.27. The zero-order valence-electron chi connectivity index (χ0n) is 9.36. The Balaban J connectivity index is 2.99. The zero-order chi connectivity index (χ0) is 12.8. The van der Waals surface area contributed by atoms with Gasteiger partial charge >= 0.3 is 0 Å². The number of rotatable bonds is 6. The second kappa shape index (κ2) is 6.58. The van der Waals surface area contributed by atoms with E-state index in [1.165, 1.54) is 0 Å². The molecule has 0 aliphatic carbocycles. The number of amidine groups is 1. The van der Waals surface area contributed by atoms with Crippen LogP contribution in [0.2, 0.25) is 0 Å². The fourth-order valence-corrected chi connectivity index (χ4v) is 2.15. The molecule has 1 aromatic carbocycles. The van der Waals surface area contributed by atoms with Crippen LogP contribution in [-0.4, -0.2) is 42.4 Å². The summed E-state index contributed by atoms with van der Waals surface area (Å²) in [5.41, 5.74) is 6.89. The van der Waals surface area contributed by atoms with E-state index in [9.17, 15) is 0 Å². The molecule has 0 unspecified atom stereocenters. The first kappa shape index (κ1) is 14.0. The molecule has 1 aromatic rings. The number of benzene rings is 1. The summed E-state index contributed by atoms with van der Waals surface area (Å²) in [7, 11) is 0. The van der Waals surface area contributed by atoms with Crippen molar-refractivity contribution in [1.29, 1.82) is 5.41 Å². The van der Waals surface area contributed by atoms with Crippen LogP contribution in [0, 0.1) is 5.41 Å². The molecule has 94 valence electrons. The van der Waals surface area contributed by atoms with Crippen LogP contribution >= 0.6 is 15.9 Å². The first-order chi connectivity index (χ1) is 8.10. The van der Waals surface area contributed by atoms with E-state index in [1.54, 1.807) is 12.1 Å². The Kier molecular flexibility index (Phi) is 5.40. The third-order valence-corrected chi connectivity index (χ3v) is 2.97. The van der Waals surface area contributed by atoms with Crippen LogP contribution in [0.1, 0.15) is 5.56 Å². The fraction of sp³-hybridized carbons (Fsp3) is 0.364. The molecule has 0 aliphatic heterocycles. The van der Waals surface area contributed by atoms with Crippen molar-refractivity contribution in [3.8, 4) is 0 Å². The molecular weight excluding hydrogens is 286 g/mol. The predicted molar refractivity (Wildman–Crippen MR) is 71.5 cm³/mol. The Bertz CT molecular complexity index is 392. The van der Waals surface area contributed by atoms with E-state index >= 15 is 0 Å². The molecule has 0 aromatic heterocycles. The Labute approximate surface area is 108 Å². The van der Waals surface area contributed by atoms with Crippen molar-refractivity contribution >= 4 is 27.5 Å². The fourth-order valence-electron chi connectivity index (χ4n) is 1.53. The molecule has 0 fully saturated rings. The van der Waals surface area contributed by atoms with Crippen LogP contribution in [0.4, 0.5) is 5.69 Å². The number of hydrogen-bond acceptors (Lipinski definition) is 4. The second-order valence-electron chi connectivity index (χ2n) is 3.51. The van der Waals surface area contributed by atoms with Gasteiger partial charge in [0.05, 0.1) is 18.9 Å². The third kappa shape index (κ3) is 3.69. The van der Waals surface area contributed by atoms with Crippen LogP contribution < -0.4 is 10.6 Å². The van der Waals surface area contributed by atoms with Crippen LogP contribution in [0.5, 0.6) is 0 Å². The van der Waals surface area contributed by atoms with Gasteiger partial charge in [-0.15, -0.1) is 0 Å². The van der Waals surface area contributed by atoms with Crippen molar-refractivity contribution in [2.24, 2.45) is 5.73 Å². The van der Waals surface area contributed by atoms with Gasteiger partial charge in [0.25, 0.3) is 0 Å². The summed E-state index contributed by atoms with van der Waals surface area (Å²) in [5, 5.41) is 25.3. The van der Waals surface area contributed by atoms with Gasteiger partial charge in [0.2, 0.25) is 0 Å². The largest absolute Gasteiger partial charge is 0.395 e. The van der Waals surface area contributed by atoms with Crippen LogP contribution in [0.25, 0.3) is 0 Å². The summed E-state index contributed by atoms with van der Waals surface area (Å²) < 4.78 is 0.784. The molecule has 1 rings (SSSR count). The number of aliphatic hydroxyl groups is 2. The van der Waals surface area contributed by atoms with E-state index in [1.807, 2.05) is 11.0 Å². The SMILES string of the molecule is N=C(N)c1ccc(N(CCO)CCO)c(Br)c1. The molecule has 6 heteroatoms. The molecule has 0 atom stereocenters. The average Bonchev–Trinajstić information content (AvgIpc) is 2.28. The van der Waals surface area contributed by atoms with Crippen LogP contribution in [0.15, 0.2) is 22.7 Å². The quantitative estimate of drug-likeness (QED) is 0.455. The van der Waals surface area contributed by atoms with Crippen molar-refractivity contribution in [2.75, 3.05) is 31.2 Å². The molecule has 0 radical (unpaired) electrons. The number of nitrogens with zero attached hydrogens (tertiary/aromatic N) is 1. The van der Waals surface area contributed by atoms with Gasteiger partial charge in [-0.2, -0.15) is 0 Å². The van der Waals surface area contributed by atoms with Crippen LogP contribution in [-0.2, 0) is 0 Å². The van der Waals surface area contributed by atoms with Crippen molar-refractivity contribution in [3.05, 3.63) is 28.2 Å². The average molecular weight is 302 g/mol. The molecule has 0 heterocycles. The van der Waals surface area contributed by atoms with Gasteiger partial charge in [0.1, 0.15) is 5.84 Å². The number of halogens is 1. The number of nitrogens with two attached hydrogens (primary N) is 1. The van der Waals surface area contributed by atoms with E-state index in [0.29, 0.717) is 18.7 Å². The third-order valence-electron chi connectivity index (χ3n) is 2.34. The van der Waals surface area contributed by atoms with E-state index < -0.39 is 0 Å². The standard InChI is InChI=1S/C11H16BrN3O2/c12-9-7-8(11(13)14)1-2-10(9)15(3-5-16)4-6-17/h1-2,7,16-17H,3-6H2,(H3,13,14). The van der Waals surface area contributed by atoms with Crippen molar-refractivity contribution in [1.82, 2.24) is 0 Å². The minimum Gasteiger partial charge on any atom is -0.395 e. The molecule has 0 bridgehead atoms. The normalized spacial score (nSPS) is 10.3. The maximum Gasteiger partial charge on any atom is 0.122 e. The molecule has 0 saturated heterocycles. The van der Waals surface area contributed by atoms with E-state index in [0.717, 1.165) is 10.2 Å². The Morgan fingerprint density at radius 2 is 1.88 bits per heavy atom. The lowest BCUT2D eigenvalue weighted by atomic mass is 10.2. The molecule has 0 saturated carbocycles.